The normalized spacial score (nSPS) is 11.6. The number of halogens is 1. The SMILES string of the molecule is CC.CCCCOc1ccc(Cl)cc1C(=O)NC(C)Cc1ccc(-c2ccc(C(=O)OC(C)(C)C)cc2)cc1. The zero-order valence-corrected chi connectivity index (χ0v) is 25.0. The summed E-state index contributed by atoms with van der Waals surface area (Å²) in [6.45, 7) is 14.2. The largest absolute Gasteiger partial charge is 0.493 e. The lowest BCUT2D eigenvalue weighted by Gasteiger charge is -2.19. The zero-order valence-electron chi connectivity index (χ0n) is 24.3. The summed E-state index contributed by atoms with van der Waals surface area (Å²) in [5, 5.41) is 3.56. The number of carbonyl (C=O) groups excluding carboxylic acids is 2. The molecule has 39 heavy (non-hydrogen) atoms. The van der Waals surface area contributed by atoms with Gasteiger partial charge in [-0.15, -0.1) is 0 Å². The Kier molecular flexibility index (Phi) is 12.5. The molecule has 0 aromatic heterocycles. The third kappa shape index (κ3) is 10.4. The van der Waals surface area contributed by atoms with Crippen molar-refractivity contribution in [2.24, 2.45) is 0 Å². The lowest BCUT2D eigenvalue weighted by atomic mass is 10.00. The van der Waals surface area contributed by atoms with Gasteiger partial charge in [-0.25, -0.2) is 4.79 Å². The van der Waals surface area contributed by atoms with Crippen LogP contribution in [0.5, 0.6) is 5.75 Å². The standard InChI is InChI=1S/C31H36ClNO4.C2H6/c1-6-7-18-36-28-17-16-26(32)20-27(28)29(34)33-21(2)19-22-8-10-23(11-9-22)24-12-14-25(15-13-24)30(35)37-31(3,4)5;1-2/h8-17,20-21H,6-7,18-19H2,1-5H3,(H,33,34);1-2H3. The fourth-order valence-corrected chi connectivity index (χ4v) is 3.98. The van der Waals surface area contributed by atoms with E-state index in [1.807, 2.05) is 65.8 Å². The van der Waals surface area contributed by atoms with Crippen LogP contribution in [0.4, 0.5) is 0 Å². The summed E-state index contributed by atoms with van der Waals surface area (Å²) in [5.74, 6) is 0.00985. The van der Waals surface area contributed by atoms with E-state index in [1.165, 1.54) is 0 Å². The Labute approximate surface area is 238 Å². The number of amides is 1. The summed E-state index contributed by atoms with van der Waals surface area (Å²) in [6.07, 6.45) is 2.61. The molecule has 3 aromatic rings. The highest BCUT2D eigenvalue weighted by Gasteiger charge is 2.18. The third-order valence-corrected chi connectivity index (χ3v) is 5.90. The molecule has 6 heteroatoms. The van der Waals surface area contributed by atoms with Crippen molar-refractivity contribution in [1.82, 2.24) is 5.32 Å². The minimum absolute atomic E-state index is 0.0889. The lowest BCUT2D eigenvalue weighted by Crippen LogP contribution is -2.34. The predicted octanol–water partition coefficient (Wildman–Crippen LogP) is 8.53. The number of esters is 1. The molecule has 0 saturated carbocycles. The Morgan fingerprint density at radius 3 is 2.08 bits per heavy atom. The molecular formula is C33H42ClNO4. The molecule has 0 heterocycles. The number of ether oxygens (including phenoxy) is 2. The summed E-state index contributed by atoms with van der Waals surface area (Å²) in [7, 11) is 0. The second-order valence-electron chi connectivity index (χ2n) is 10.2. The zero-order chi connectivity index (χ0) is 29.0. The summed E-state index contributed by atoms with van der Waals surface area (Å²) in [6, 6.07) is 20.6. The quantitative estimate of drug-likeness (QED) is 0.202. The number of benzene rings is 3. The van der Waals surface area contributed by atoms with Gasteiger partial charge in [-0.1, -0.05) is 75.2 Å². The molecule has 0 aliphatic carbocycles. The summed E-state index contributed by atoms with van der Waals surface area (Å²) >= 11 is 6.14. The van der Waals surface area contributed by atoms with Gasteiger partial charge in [0.05, 0.1) is 17.7 Å². The fraction of sp³-hybridized carbons (Fsp3) is 0.394. The molecule has 0 aliphatic heterocycles. The molecule has 210 valence electrons. The van der Waals surface area contributed by atoms with Gasteiger partial charge < -0.3 is 14.8 Å². The minimum atomic E-state index is -0.527. The van der Waals surface area contributed by atoms with E-state index in [4.69, 9.17) is 21.1 Å². The maximum absolute atomic E-state index is 13.0. The van der Waals surface area contributed by atoms with Crippen LogP contribution in [0.3, 0.4) is 0 Å². The molecule has 0 bridgehead atoms. The van der Waals surface area contributed by atoms with Crippen molar-refractivity contribution in [2.45, 2.75) is 79.4 Å². The van der Waals surface area contributed by atoms with Gasteiger partial charge in [-0.2, -0.15) is 0 Å². The van der Waals surface area contributed by atoms with Crippen molar-refractivity contribution >= 4 is 23.5 Å². The van der Waals surface area contributed by atoms with Gasteiger partial charge in [-0.05, 0) is 87.6 Å². The first-order valence-electron chi connectivity index (χ1n) is 13.7. The number of nitrogens with one attached hydrogen (secondary N) is 1. The van der Waals surface area contributed by atoms with E-state index >= 15 is 0 Å². The molecule has 0 spiro atoms. The van der Waals surface area contributed by atoms with Crippen molar-refractivity contribution in [2.75, 3.05) is 6.61 Å². The summed E-state index contributed by atoms with van der Waals surface area (Å²) in [4.78, 5) is 25.2. The highest BCUT2D eigenvalue weighted by atomic mass is 35.5. The van der Waals surface area contributed by atoms with Gasteiger partial charge in [-0.3, -0.25) is 4.79 Å². The van der Waals surface area contributed by atoms with E-state index in [0.717, 1.165) is 29.5 Å². The maximum atomic E-state index is 13.0. The van der Waals surface area contributed by atoms with Gasteiger partial charge in [0, 0.05) is 11.1 Å². The molecule has 3 rings (SSSR count). The van der Waals surface area contributed by atoms with E-state index in [-0.39, 0.29) is 17.9 Å². The molecule has 5 nitrogen and oxygen atoms in total. The average Bonchev–Trinajstić information content (AvgIpc) is 2.90. The van der Waals surface area contributed by atoms with Gasteiger partial charge in [0.2, 0.25) is 0 Å². The molecular weight excluding hydrogens is 510 g/mol. The van der Waals surface area contributed by atoms with Crippen LogP contribution in [0.15, 0.2) is 66.7 Å². The molecule has 0 saturated heterocycles. The Hall–Kier alpha value is -3.31. The third-order valence-electron chi connectivity index (χ3n) is 5.67. The molecule has 0 fully saturated rings. The van der Waals surface area contributed by atoms with Crippen LogP contribution in [0.1, 0.15) is 87.6 Å². The number of hydrogen-bond acceptors (Lipinski definition) is 4. The van der Waals surface area contributed by atoms with Crippen LogP contribution in [-0.2, 0) is 11.2 Å². The number of unbranched alkanes of at least 4 members (excludes halogenated alkanes) is 1. The van der Waals surface area contributed by atoms with Crippen LogP contribution >= 0.6 is 11.6 Å². The topological polar surface area (TPSA) is 64.6 Å². The Balaban J connectivity index is 0.00000260. The minimum Gasteiger partial charge on any atom is -0.493 e. The fourth-order valence-electron chi connectivity index (χ4n) is 3.81. The van der Waals surface area contributed by atoms with E-state index in [9.17, 15) is 9.59 Å². The van der Waals surface area contributed by atoms with Crippen molar-refractivity contribution in [3.05, 3.63) is 88.4 Å². The molecule has 1 unspecified atom stereocenters. The Morgan fingerprint density at radius 1 is 0.923 bits per heavy atom. The highest BCUT2D eigenvalue weighted by Crippen LogP contribution is 2.24. The van der Waals surface area contributed by atoms with Crippen LogP contribution in [0.25, 0.3) is 11.1 Å². The Bertz CT molecular complexity index is 1200. The number of rotatable bonds is 10. The number of hydrogen-bond donors (Lipinski definition) is 1. The molecule has 0 radical (unpaired) electrons. The van der Waals surface area contributed by atoms with Crippen LogP contribution in [-0.4, -0.2) is 30.1 Å². The maximum Gasteiger partial charge on any atom is 0.338 e. The first-order chi connectivity index (χ1) is 18.6. The summed E-state index contributed by atoms with van der Waals surface area (Å²) < 4.78 is 11.2. The smallest absolute Gasteiger partial charge is 0.338 e. The lowest BCUT2D eigenvalue weighted by molar-refractivity contribution is 0.00694. The van der Waals surface area contributed by atoms with Crippen molar-refractivity contribution < 1.29 is 19.1 Å². The molecule has 0 aliphatic rings. The van der Waals surface area contributed by atoms with Crippen molar-refractivity contribution in [3.63, 3.8) is 0 Å². The van der Waals surface area contributed by atoms with Crippen molar-refractivity contribution in [3.8, 4) is 16.9 Å². The van der Waals surface area contributed by atoms with Crippen molar-refractivity contribution in [1.29, 1.82) is 0 Å². The second-order valence-corrected chi connectivity index (χ2v) is 10.6. The van der Waals surface area contributed by atoms with Gasteiger partial charge in [0.15, 0.2) is 0 Å². The van der Waals surface area contributed by atoms with Gasteiger partial charge >= 0.3 is 5.97 Å². The first-order valence-corrected chi connectivity index (χ1v) is 14.1. The second kappa shape index (κ2) is 15.3. The average molecular weight is 552 g/mol. The van der Waals surface area contributed by atoms with Crippen LogP contribution in [0, 0.1) is 0 Å². The molecule has 3 aromatic carbocycles. The van der Waals surface area contributed by atoms with Gasteiger partial charge in [0.1, 0.15) is 11.4 Å². The van der Waals surface area contributed by atoms with E-state index < -0.39 is 5.60 Å². The predicted molar refractivity (Wildman–Crippen MR) is 161 cm³/mol. The van der Waals surface area contributed by atoms with E-state index in [2.05, 4.69) is 24.4 Å². The van der Waals surface area contributed by atoms with E-state index in [0.29, 0.717) is 34.9 Å². The molecule has 1 amide bonds. The number of carbonyl (C=O) groups is 2. The molecule has 1 N–H and O–H groups in total. The van der Waals surface area contributed by atoms with Gasteiger partial charge in [0.25, 0.3) is 5.91 Å². The van der Waals surface area contributed by atoms with Crippen LogP contribution in [0.2, 0.25) is 5.02 Å². The summed E-state index contributed by atoms with van der Waals surface area (Å²) in [5.41, 5.74) is 3.61. The molecule has 1 atom stereocenters. The monoisotopic (exact) mass is 551 g/mol. The highest BCUT2D eigenvalue weighted by molar-refractivity contribution is 6.31. The first kappa shape index (κ1) is 31.9. The van der Waals surface area contributed by atoms with Crippen LogP contribution < -0.4 is 10.1 Å². The Morgan fingerprint density at radius 2 is 1.51 bits per heavy atom. The van der Waals surface area contributed by atoms with E-state index in [1.54, 1.807) is 30.3 Å².